The second kappa shape index (κ2) is 8.70. The van der Waals surface area contributed by atoms with Crippen molar-refractivity contribution in [1.82, 2.24) is 14.5 Å². The molecule has 0 aliphatic heterocycles. The fourth-order valence-corrected chi connectivity index (χ4v) is 3.64. The van der Waals surface area contributed by atoms with E-state index in [2.05, 4.69) is 4.98 Å². The number of aromatic nitrogens is 2. The number of hydrogen-bond donors (Lipinski definition) is 0. The van der Waals surface area contributed by atoms with Gasteiger partial charge in [0.05, 0.1) is 34.2 Å². The number of carbonyl (C=O) groups is 1. The summed E-state index contributed by atoms with van der Waals surface area (Å²) in [5, 5.41) is 20.2. The molecule has 0 atom stereocenters. The smallest absolute Gasteiger partial charge is 0.271 e. The van der Waals surface area contributed by atoms with Crippen molar-refractivity contribution in [3.63, 3.8) is 0 Å². The minimum absolute atomic E-state index is 0.0779. The first kappa shape index (κ1) is 20.3. The quantitative estimate of drug-likeness (QED) is 0.333. The van der Waals surface area contributed by atoms with E-state index in [1.807, 2.05) is 6.07 Å². The molecule has 0 unspecified atom stereocenters. The van der Waals surface area contributed by atoms with Gasteiger partial charge in [0.25, 0.3) is 5.69 Å². The SMILES string of the molecule is CN(CCC#N)C(=O)CSc1nc2cc([N+](=O)[O-])ccc2n1-c1ccc(F)cc1. The number of halogens is 1. The number of imidazole rings is 1. The molecule has 0 bridgehead atoms. The summed E-state index contributed by atoms with van der Waals surface area (Å²) in [6.45, 7) is 0.330. The van der Waals surface area contributed by atoms with Gasteiger partial charge in [-0.2, -0.15) is 5.26 Å². The summed E-state index contributed by atoms with van der Waals surface area (Å²) in [5.74, 6) is -0.486. The highest BCUT2D eigenvalue weighted by molar-refractivity contribution is 7.99. The molecule has 0 spiro atoms. The van der Waals surface area contributed by atoms with Crippen LogP contribution in [-0.4, -0.2) is 44.6 Å². The summed E-state index contributed by atoms with van der Waals surface area (Å²) in [4.78, 5) is 28.8. The van der Waals surface area contributed by atoms with E-state index in [0.29, 0.717) is 28.4 Å². The number of rotatable bonds is 7. The van der Waals surface area contributed by atoms with Crippen LogP contribution >= 0.6 is 11.8 Å². The van der Waals surface area contributed by atoms with Crippen molar-refractivity contribution in [3.8, 4) is 11.8 Å². The number of thioether (sulfide) groups is 1. The van der Waals surface area contributed by atoms with E-state index in [4.69, 9.17) is 5.26 Å². The van der Waals surface area contributed by atoms with Crippen molar-refractivity contribution in [2.45, 2.75) is 11.6 Å². The van der Waals surface area contributed by atoms with Gasteiger partial charge in [-0.15, -0.1) is 0 Å². The highest BCUT2D eigenvalue weighted by Gasteiger charge is 2.18. The number of nitro groups is 1. The summed E-state index contributed by atoms with van der Waals surface area (Å²) >= 11 is 1.17. The molecule has 0 aliphatic carbocycles. The molecule has 8 nitrogen and oxygen atoms in total. The fourth-order valence-electron chi connectivity index (χ4n) is 2.68. The van der Waals surface area contributed by atoms with Crippen molar-refractivity contribution >= 4 is 34.4 Å². The lowest BCUT2D eigenvalue weighted by Crippen LogP contribution is -2.29. The Morgan fingerprint density at radius 3 is 2.72 bits per heavy atom. The minimum Gasteiger partial charge on any atom is -0.344 e. The maximum atomic E-state index is 13.4. The Kier molecular flexibility index (Phi) is 6.09. The molecule has 0 fully saturated rings. The second-order valence-corrected chi connectivity index (χ2v) is 7.09. The third-order valence-corrected chi connectivity index (χ3v) is 5.14. The summed E-state index contributed by atoms with van der Waals surface area (Å²) < 4.78 is 15.1. The largest absolute Gasteiger partial charge is 0.344 e. The molecule has 148 valence electrons. The Morgan fingerprint density at radius 2 is 2.07 bits per heavy atom. The zero-order chi connectivity index (χ0) is 21.0. The van der Waals surface area contributed by atoms with Crippen LogP contribution in [-0.2, 0) is 4.79 Å². The number of hydrogen-bond acceptors (Lipinski definition) is 6. The van der Waals surface area contributed by atoms with E-state index in [-0.39, 0.29) is 23.8 Å². The number of benzene rings is 2. The number of carbonyl (C=O) groups excluding carboxylic acids is 1. The molecule has 0 saturated heterocycles. The van der Waals surface area contributed by atoms with Crippen molar-refractivity contribution in [2.75, 3.05) is 19.3 Å². The van der Waals surface area contributed by atoms with Crippen LogP contribution in [0.3, 0.4) is 0 Å². The molecule has 29 heavy (non-hydrogen) atoms. The predicted molar refractivity (Wildman–Crippen MR) is 106 cm³/mol. The molecule has 0 aliphatic rings. The second-order valence-electron chi connectivity index (χ2n) is 6.15. The number of nitriles is 1. The summed E-state index contributed by atoms with van der Waals surface area (Å²) in [6, 6.07) is 12.1. The van der Waals surface area contributed by atoms with Gasteiger partial charge in [0, 0.05) is 31.4 Å². The van der Waals surface area contributed by atoms with Crippen LogP contribution in [0.25, 0.3) is 16.7 Å². The normalized spacial score (nSPS) is 10.7. The standard InChI is InChI=1S/C19H16FN5O3S/c1-23(10-2-9-21)18(26)12-29-19-22-16-11-15(25(27)28)7-8-17(16)24(19)14-5-3-13(20)4-6-14/h3-8,11H,2,10,12H2,1H3. The predicted octanol–water partition coefficient (Wildman–Crippen LogP) is 3.54. The van der Waals surface area contributed by atoms with E-state index in [9.17, 15) is 19.3 Å². The molecule has 10 heteroatoms. The van der Waals surface area contributed by atoms with E-state index in [0.717, 1.165) is 0 Å². The van der Waals surface area contributed by atoms with Gasteiger partial charge in [0.1, 0.15) is 5.82 Å². The lowest BCUT2D eigenvalue weighted by Gasteiger charge is -2.15. The highest BCUT2D eigenvalue weighted by Crippen LogP contribution is 2.30. The maximum absolute atomic E-state index is 13.4. The first-order valence-electron chi connectivity index (χ1n) is 8.57. The fraction of sp³-hybridized carbons (Fsp3) is 0.211. The minimum atomic E-state index is -0.503. The molecule has 1 heterocycles. The van der Waals surface area contributed by atoms with Crippen LogP contribution in [0.15, 0.2) is 47.6 Å². The lowest BCUT2D eigenvalue weighted by atomic mass is 10.2. The van der Waals surface area contributed by atoms with Gasteiger partial charge in [-0.25, -0.2) is 9.37 Å². The van der Waals surface area contributed by atoms with Crippen molar-refractivity contribution in [1.29, 1.82) is 5.26 Å². The van der Waals surface area contributed by atoms with Gasteiger partial charge in [-0.3, -0.25) is 19.5 Å². The molecule has 3 aromatic rings. The van der Waals surface area contributed by atoms with Crippen molar-refractivity contribution < 1.29 is 14.1 Å². The van der Waals surface area contributed by atoms with Gasteiger partial charge in [0.15, 0.2) is 5.16 Å². The van der Waals surface area contributed by atoms with Crippen LogP contribution < -0.4 is 0 Å². The molecule has 0 saturated carbocycles. The average molecular weight is 413 g/mol. The first-order chi connectivity index (χ1) is 13.9. The monoisotopic (exact) mass is 413 g/mol. The number of nitrogens with zero attached hydrogens (tertiary/aromatic N) is 5. The summed E-state index contributed by atoms with van der Waals surface area (Å²) in [7, 11) is 1.62. The van der Waals surface area contributed by atoms with Crippen LogP contribution in [0.5, 0.6) is 0 Å². The van der Waals surface area contributed by atoms with Crippen molar-refractivity contribution in [2.24, 2.45) is 0 Å². The first-order valence-corrected chi connectivity index (χ1v) is 9.56. The molecule has 1 amide bonds. The number of nitro benzene ring substituents is 1. The van der Waals surface area contributed by atoms with Gasteiger partial charge >= 0.3 is 0 Å². The number of non-ortho nitro benzene ring substituents is 1. The van der Waals surface area contributed by atoms with E-state index < -0.39 is 10.7 Å². The van der Waals surface area contributed by atoms with Gasteiger partial charge in [-0.1, -0.05) is 11.8 Å². The third-order valence-electron chi connectivity index (χ3n) is 4.21. The van der Waals surface area contributed by atoms with E-state index in [1.165, 1.54) is 40.9 Å². The number of fused-ring (bicyclic) bond motifs is 1. The van der Waals surface area contributed by atoms with Gasteiger partial charge < -0.3 is 4.90 Å². The molecule has 1 aromatic heterocycles. The Hall–Kier alpha value is -3.45. The van der Waals surface area contributed by atoms with Crippen molar-refractivity contribution in [3.05, 3.63) is 58.4 Å². The number of amides is 1. The highest BCUT2D eigenvalue weighted by atomic mass is 32.2. The van der Waals surface area contributed by atoms with Crippen LogP contribution in [0.2, 0.25) is 0 Å². The molecule has 3 rings (SSSR count). The Labute approximate surface area is 169 Å². The zero-order valence-corrected chi connectivity index (χ0v) is 16.2. The van der Waals surface area contributed by atoms with E-state index >= 15 is 0 Å². The van der Waals surface area contributed by atoms with Crippen LogP contribution in [0.4, 0.5) is 10.1 Å². The molecular formula is C19H16FN5O3S. The van der Waals surface area contributed by atoms with Gasteiger partial charge in [-0.05, 0) is 30.3 Å². The van der Waals surface area contributed by atoms with Crippen LogP contribution in [0.1, 0.15) is 6.42 Å². The third kappa shape index (κ3) is 4.52. The van der Waals surface area contributed by atoms with Gasteiger partial charge in [0.2, 0.25) is 5.91 Å². The Morgan fingerprint density at radius 1 is 1.34 bits per heavy atom. The topological polar surface area (TPSA) is 105 Å². The molecule has 0 radical (unpaired) electrons. The maximum Gasteiger partial charge on any atom is 0.271 e. The Balaban J connectivity index is 1.97. The van der Waals surface area contributed by atoms with E-state index in [1.54, 1.807) is 29.8 Å². The molecule has 0 N–H and O–H groups in total. The summed E-state index contributed by atoms with van der Waals surface area (Å²) in [5.41, 5.74) is 1.53. The zero-order valence-electron chi connectivity index (χ0n) is 15.4. The lowest BCUT2D eigenvalue weighted by molar-refractivity contribution is -0.384. The summed E-state index contributed by atoms with van der Waals surface area (Å²) in [6.07, 6.45) is 0.241. The average Bonchev–Trinajstić information content (AvgIpc) is 3.08. The molecule has 2 aromatic carbocycles. The Bertz CT molecular complexity index is 1110. The van der Waals surface area contributed by atoms with Crippen LogP contribution in [0, 0.1) is 27.3 Å². The molecular weight excluding hydrogens is 397 g/mol.